The second-order valence-electron chi connectivity index (χ2n) is 6.31. The number of nitrogens with zero attached hydrogens (tertiary/aromatic N) is 1. The van der Waals surface area contributed by atoms with E-state index in [1.54, 1.807) is 7.11 Å². The van der Waals surface area contributed by atoms with Crippen LogP contribution < -0.4 is 14.8 Å². The second kappa shape index (κ2) is 8.41. The lowest BCUT2D eigenvalue weighted by Crippen LogP contribution is -2.19. The number of benzene rings is 3. The average molecular weight is 404 g/mol. The molecule has 0 spiro atoms. The molecule has 1 amide bonds. The normalized spacial score (nSPS) is 16.4. The third-order valence-electron chi connectivity index (χ3n) is 4.45. The van der Waals surface area contributed by atoms with Gasteiger partial charge in [-0.15, -0.1) is 0 Å². The van der Waals surface area contributed by atoms with Crippen molar-refractivity contribution in [3.63, 3.8) is 0 Å². The van der Waals surface area contributed by atoms with Gasteiger partial charge in [-0.05, 0) is 66.0 Å². The van der Waals surface area contributed by atoms with Gasteiger partial charge >= 0.3 is 0 Å². The molecule has 6 heteroatoms. The van der Waals surface area contributed by atoms with Gasteiger partial charge in [-0.3, -0.25) is 4.79 Å². The molecule has 0 aliphatic carbocycles. The van der Waals surface area contributed by atoms with Crippen LogP contribution >= 0.6 is 11.8 Å². The number of thioether (sulfide) groups is 1. The lowest BCUT2D eigenvalue weighted by atomic mass is 10.0. The minimum Gasteiger partial charge on any atom is -0.496 e. The van der Waals surface area contributed by atoms with Crippen molar-refractivity contribution in [3.8, 4) is 11.5 Å². The summed E-state index contributed by atoms with van der Waals surface area (Å²) in [7, 11) is 1.66. The van der Waals surface area contributed by atoms with E-state index >= 15 is 0 Å². The summed E-state index contributed by atoms with van der Waals surface area (Å²) in [5.74, 6) is 1.45. The number of amidine groups is 1. The number of ether oxygens (including phenoxy) is 2. The molecule has 4 rings (SSSR count). The molecule has 1 N–H and O–H groups in total. The van der Waals surface area contributed by atoms with Crippen LogP contribution in [0, 0.1) is 0 Å². The number of aliphatic imine (C=N–C) groups is 1. The van der Waals surface area contributed by atoms with Crippen LogP contribution in [0.25, 0.3) is 16.8 Å². The molecule has 5 nitrogen and oxygen atoms in total. The van der Waals surface area contributed by atoms with Gasteiger partial charge < -0.3 is 14.8 Å². The van der Waals surface area contributed by atoms with E-state index in [-0.39, 0.29) is 5.91 Å². The number of fused-ring (bicyclic) bond motifs is 1. The molecule has 3 aromatic carbocycles. The molecule has 0 radical (unpaired) electrons. The number of nitrogens with one attached hydrogen (secondary N) is 1. The number of hydrogen-bond donors (Lipinski definition) is 1. The Morgan fingerprint density at radius 3 is 2.52 bits per heavy atom. The maximum atomic E-state index is 12.5. The van der Waals surface area contributed by atoms with Gasteiger partial charge in [0.05, 0.1) is 24.3 Å². The molecule has 1 heterocycles. The molecule has 1 aliphatic heterocycles. The lowest BCUT2D eigenvalue weighted by Gasteiger charge is -2.08. The van der Waals surface area contributed by atoms with Crippen LogP contribution in [0.3, 0.4) is 0 Å². The van der Waals surface area contributed by atoms with Crippen molar-refractivity contribution in [1.82, 2.24) is 5.32 Å². The van der Waals surface area contributed by atoms with Gasteiger partial charge in [0.1, 0.15) is 11.5 Å². The van der Waals surface area contributed by atoms with E-state index in [9.17, 15) is 4.79 Å². The first kappa shape index (κ1) is 19.1. The summed E-state index contributed by atoms with van der Waals surface area (Å²) >= 11 is 1.33. The van der Waals surface area contributed by atoms with Crippen LogP contribution in [0.1, 0.15) is 12.5 Å². The predicted octanol–water partition coefficient (Wildman–Crippen LogP) is 5.14. The fraction of sp³-hybridized carbons (Fsp3) is 0.130. The van der Waals surface area contributed by atoms with Crippen LogP contribution in [0.4, 0.5) is 5.69 Å². The van der Waals surface area contributed by atoms with Gasteiger partial charge in [0, 0.05) is 5.39 Å². The van der Waals surface area contributed by atoms with Crippen LogP contribution in [-0.4, -0.2) is 24.8 Å². The van der Waals surface area contributed by atoms with E-state index in [1.165, 1.54) is 11.8 Å². The summed E-state index contributed by atoms with van der Waals surface area (Å²) in [5, 5.41) is 5.43. The highest BCUT2D eigenvalue weighted by atomic mass is 32.2. The van der Waals surface area contributed by atoms with Gasteiger partial charge in [0.2, 0.25) is 0 Å². The molecule has 146 valence electrons. The van der Waals surface area contributed by atoms with Crippen LogP contribution in [-0.2, 0) is 4.79 Å². The molecule has 3 aromatic rings. The zero-order valence-corrected chi connectivity index (χ0v) is 17.0. The fourth-order valence-corrected chi connectivity index (χ4v) is 3.95. The lowest BCUT2D eigenvalue weighted by molar-refractivity contribution is -0.115. The number of rotatable bonds is 5. The summed E-state index contributed by atoms with van der Waals surface area (Å²) in [6.07, 6.45) is 1.89. The Morgan fingerprint density at radius 2 is 1.79 bits per heavy atom. The third-order valence-corrected chi connectivity index (χ3v) is 5.36. The number of hydrogen-bond acceptors (Lipinski definition) is 5. The Morgan fingerprint density at radius 1 is 1.03 bits per heavy atom. The van der Waals surface area contributed by atoms with Crippen molar-refractivity contribution < 1.29 is 14.3 Å². The summed E-state index contributed by atoms with van der Waals surface area (Å²) in [5.41, 5.74) is 1.72. The van der Waals surface area contributed by atoms with Gasteiger partial charge in [0.25, 0.3) is 5.91 Å². The molecule has 1 aliphatic rings. The van der Waals surface area contributed by atoms with Crippen molar-refractivity contribution in [3.05, 3.63) is 71.1 Å². The van der Waals surface area contributed by atoms with E-state index in [0.717, 1.165) is 33.5 Å². The first-order chi connectivity index (χ1) is 14.2. The highest BCUT2D eigenvalue weighted by Crippen LogP contribution is 2.33. The number of amides is 1. The maximum absolute atomic E-state index is 12.5. The molecule has 0 bridgehead atoms. The van der Waals surface area contributed by atoms with Crippen molar-refractivity contribution >= 4 is 45.4 Å². The zero-order chi connectivity index (χ0) is 20.2. The minimum absolute atomic E-state index is 0.153. The molecule has 0 aromatic heterocycles. The van der Waals surface area contributed by atoms with E-state index < -0.39 is 0 Å². The van der Waals surface area contributed by atoms with Crippen molar-refractivity contribution in [2.45, 2.75) is 6.92 Å². The SMILES string of the molecule is CCOc1ccc(N=C2NC(=O)/C(=C\c3ccc(OC)c4ccccc34)S2)cc1. The summed E-state index contributed by atoms with van der Waals surface area (Å²) in [6.45, 7) is 2.56. The Balaban J connectivity index is 1.61. The molecule has 1 saturated heterocycles. The van der Waals surface area contributed by atoms with Gasteiger partial charge in [-0.2, -0.15) is 0 Å². The fourth-order valence-electron chi connectivity index (χ4n) is 3.12. The third kappa shape index (κ3) is 4.12. The number of carbonyl (C=O) groups is 1. The van der Waals surface area contributed by atoms with Crippen molar-refractivity contribution in [2.24, 2.45) is 4.99 Å². The van der Waals surface area contributed by atoms with E-state index in [4.69, 9.17) is 9.47 Å². The zero-order valence-electron chi connectivity index (χ0n) is 16.1. The molecule has 0 unspecified atom stereocenters. The monoisotopic (exact) mass is 404 g/mol. The molecular formula is C23H20N2O3S. The Bertz CT molecular complexity index is 1120. The standard InChI is InChI=1S/C23H20N2O3S/c1-3-28-17-11-9-16(10-12-17)24-23-25-22(26)21(29-23)14-15-8-13-20(27-2)19-7-5-4-6-18(15)19/h4-14H,3H2,1-2H3,(H,24,25,26)/b21-14+. The smallest absolute Gasteiger partial charge is 0.264 e. The van der Waals surface area contributed by atoms with Gasteiger partial charge in [-0.25, -0.2) is 4.99 Å². The molecule has 0 saturated carbocycles. The summed E-state index contributed by atoms with van der Waals surface area (Å²) < 4.78 is 10.9. The quantitative estimate of drug-likeness (QED) is 0.598. The summed E-state index contributed by atoms with van der Waals surface area (Å²) in [4.78, 5) is 17.6. The Labute approximate surface area is 173 Å². The Hall–Kier alpha value is -3.25. The highest BCUT2D eigenvalue weighted by molar-refractivity contribution is 8.18. The molecular weight excluding hydrogens is 384 g/mol. The van der Waals surface area contributed by atoms with Crippen LogP contribution in [0.5, 0.6) is 11.5 Å². The number of methoxy groups -OCH3 is 1. The van der Waals surface area contributed by atoms with Gasteiger partial charge in [-0.1, -0.05) is 30.3 Å². The van der Waals surface area contributed by atoms with E-state index in [1.807, 2.05) is 73.7 Å². The first-order valence-corrected chi connectivity index (χ1v) is 10.1. The molecule has 1 fully saturated rings. The first-order valence-electron chi connectivity index (χ1n) is 9.26. The van der Waals surface area contributed by atoms with Gasteiger partial charge in [0.15, 0.2) is 5.17 Å². The average Bonchev–Trinajstić information content (AvgIpc) is 3.08. The largest absolute Gasteiger partial charge is 0.496 e. The predicted molar refractivity (Wildman–Crippen MR) is 119 cm³/mol. The van der Waals surface area contributed by atoms with E-state index in [2.05, 4.69) is 10.3 Å². The van der Waals surface area contributed by atoms with Crippen molar-refractivity contribution in [1.29, 1.82) is 0 Å². The maximum Gasteiger partial charge on any atom is 0.264 e. The molecule has 29 heavy (non-hydrogen) atoms. The van der Waals surface area contributed by atoms with Crippen LogP contribution in [0.2, 0.25) is 0 Å². The van der Waals surface area contributed by atoms with Crippen molar-refractivity contribution in [2.75, 3.05) is 13.7 Å². The molecule has 0 atom stereocenters. The summed E-state index contributed by atoms with van der Waals surface area (Å²) in [6, 6.07) is 19.3. The minimum atomic E-state index is -0.153. The topological polar surface area (TPSA) is 59.9 Å². The number of carbonyl (C=O) groups excluding carboxylic acids is 1. The second-order valence-corrected chi connectivity index (χ2v) is 7.34. The van der Waals surface area contributed by atoms with Crippen LogP contribution in [0.15, 0.2) is 70.6 Å². The highest BCUT2D eigenvalue weighted by Gasteiger charge is 2.24. The van der Waals surface area contributed by atoms with E-state index in [0.29, 0.717) is 16.7 Å². The Kier molecular flexibility index (Phi) is 5.53.